The van der Waals surface area contributed by atoms with E-state index in [1.165, 1.54) is 22.1 Å². The van der Waals surface area contributed by atoms with Crippen LogP contribution >= 0.6 is 0 Å². The van der Waals surface area contributed by atoms with Gasteiger partial charge in [0.15, 0.2) is 0 Å². The summed E-state index contributed by atoms with van der Waals surface area (Å²) in [5.41, 5.74) is 3.85. The van der Waals surface area contributed by atoms with Crippen LogP contribution in [0.5, 0.6) is 0 Å². The topological polar surface area (TPSA) is 61.8 Å². The highest BCUT2D eigenvalue weighted by Gasteiger charge is 2.32. The minimum atomic E-state index is -0.851. The summed E-state index contributed by atoms with van der Waals surface area (Å²) in [6, 6.07) is 11.9. The van der Waals surface area contributed by atoms with Gasteiger partial charge in [0.2, 0.25) is 5.95 Å². The summed E-state index contributed by atoms with van der Waals surface area (Å²) in [7, 11) is 0. The van der Waals surface area contributed by atoms with Gasteiger partial charge in [-0.15, -0.1) is 0 Å². The molecule has 1 fully saturated rings. The minimum absolute atomic E-state index is 0.206. The van der Waals surface area contributed by atoms with Crippen LogP contribution in [0, 0.1) is 11.6 Å². The number of morpholine rings is 1. The van der Waals surface area contributed by atoms with E-state index >= 15 is 0 Å². The first-order valence-electron chi connectivity index (χ1n) is 12.4. The Morgan fingerprint density at radius 2 is 1.56 bits per heavy atom. The average Bonchev–Trinajstić information content (AvgIpc) is 2.92. The van der Waals surface area contributed by atoms with E-state index in [-0.39, 0.29) is 6.54 Å². The predicted octanol–water partition coefficient (Wildman–Crippen LogP) is 3.35. The second-order valence-electron chi connectivity index (χ2n) is 9.39. The van der Waals surface area contributed by atoms with Gasteiger partial charge in [-0.3, -0.25) is 4.79 Å². The van der Waals surface area contributed by atoms with Crippen molar-refractivity contribution in [1.82, 2.24) is 14.9 Å². The number of hydrogen-bond acceptors (Lipinski definition) is 6. The summed E-state index contributed by atoms with van der Waals surface area (Å²) in [4.78, 5) is 28.9. The Bertz CT molecular complexity index is 1290. The number of anilines is 2. The molecule has 7 nitrogen and oxygen atoms in total. The Labute approximate surface area is 208 Å². The number of halogens is 2. The van der Waals surface area contributed by atoms with E-state index in [9.17, 15) is 13.6 Å². The lowest BCUT2D eigenvalue weighted by molar-refractivity contribution is 0.0723. The number of carbonyl (C=O) groups excluding carboxylic acids is 1. The van der Waals surface area contributed by atoms with E-state index in [0.29, 0.717) is 45.2 Å². The van der Waals surface area contributed by atoms with Crippen molar-refractivity contribution in [2.45, 2.75) is 25.9 Å². The number of fused-ring (bicyclic) bond motifs is 2. The van der Waals surface area contributed by atoms with E-state index < -0.39 is 23.1 Å². The summed E-state index contributed by atoms with van der Waals surface area (Å²) < 4.78 is 34.2. The molecule has 1 amide bonds. The molecule has 9 heteroatoms. The lowest BCUT2D eigenvalue weighted by Crippen LogP contribution is -2.42. The lowest BCUT2D eigenvalue weighted by Gasteiger charge is -2.36. The van der Waals surface area contributed by atoms with Crippen LogP contribution in [0.4, 0.5) is 20.5 Å². The molecule has 0 saturated carbocycles. The van der Waals surface area contributed by atoms with Crippen molar-refractivity contribution in [1.29, 1.82) is 0 Å². The Morgan fingerprint density at radius 1 is 0.806 bits per heavy atom. The first-order chi connectivity index (χ1) is 17.6. The van der Waals surface area contributed by atoms with Gasteiger partial charge >= 0.3 is 0 Å². The van der Waals surface area contributed by atoms with Crippen LogP contribution in [0.1, 0.15) is 32.7 Å². The second-order valence-corrected chi connectivity index (χ2v) is 9.39. The molecule has 0 unspecified atom stereocenters. The van der Waals surface area contributed by atoms with Crippen molar-refractivity contribution in [3.05, 3.63) is 82.0 Å². The van der Waals surface area contributed by atoms with E-state index in [4.69, 9.17) is 14.7 Å². The Balaban J connectivity index is 1.34. The average molecular weight is 492 g/mol. The third kappa shape index (κ3) is 4.17. The van der Waals surface area contributed by atoms with Crippen LogP contribution in [-0.4, -0.2) is 60.2 Å². The molecule has 2 aromatic carbocycles. The number of rotatable bonds is 3. The maximum absolute atomic E-state index is 14.3. The number of nitrogens with zero attached hydrogens (tertiary/aromatic N) is 5. The van der Waals surface area contributed by atoms with Gasteiger partial charge < -0.3 is 19.4 Å². The fraction of sp³-hybridized carbons (Fsp3) is 0.370. The molecule has 186 valence electrons. The molecule has 6 rings (SSSR count). The molecular formula is C27H27F2N5O2. The monoisotopic (exact) mass is 491 g/mol. The van der Waals surface area contributed by atoms with Crippen molar-refractivity contribution in [2.75, 3.05) is 49.2 Å². The highest BCUT2D eigenvalue weighted by atomic mass is 19.1. The van der Waals surface area contributed by atoms with Crippen molar-refractivity contribution < 1.29 is 18.3 Å². The van der Waals surface area contributed by atoms with Gasteiger partial charge in [-0.25, -0.2) is 13.8 Å². The molecule has 0 bridgehead atoms. The Morgan fingerprint density at radius 3 is 2.33 bits per heavy atom. The molecule has 3 aliphatic heterocycles. The van der Waals surface area contributed by atoms with Crippen LogP contribution in [0.3, 0.4) is 0 Å². The van der Waals surface area contributed by atoms with Gasteiger partial charge in [0, 0.05) is 44.7 Å². The summed E-state index contributed by atoms with van der Waals surface area (Å²) in [6.07, 6.45) is 1.43. The highest BCUT2D eigenvalue weighted by molar-refractivity contribution is 5.95. The van der Waals surface area contributed by atoms with E-state index in [0.717, 1.165) is 48.7 Å². The zero-order chi connectivity index (χ0) is 24.6. The molecule has 3 aliphatic rings. The van der Waals surface area contributed by atoms with E-state index in [1.54, 1.807) is 0 Å². The van der Waals surface area contributed by atoms with E-state index in [2.05, 4.69) is 34.1 Å². The van der Waals surface area contributed by atoms with Gasteiger partial charge in [0.1, 0.15) is 23.0 Å². The van der Waals surface area contributed by atoms with Crippen molar-refractivity contribution in [3.8, 4) is 0 Å². The third-order valence-electron chi connectivity index (χ3n) is 7.21. The lowest BCUT2D eigenvalue weighted by atomic mass is 10.00. The number of aromatic nitrogens is 2. The molecule has 1 aromatic heterocycles. The van der Waals surface area contributed by atoms with Gasteiger partial charge in [-0.2, -0.15) is 4.98 Å². The van der Waals surface area contributed by atoms with Gasteiger partial charge in [-0.05, 0) is 29.7 Å². The highest BCUT2D eigenvalue weighted by Crippen LogP contribution is 2.32. The van der Waals surface area contributed by atoms with Gasteiger partial charge in [0.25, 0.3) is 5.91 Å². The number of amides is 1. The molecule has 4 heterocycles. The van der Waals surface area contributed by atoms with Crippen LogP contribution in [0.15, 0.2) is 42.5 Å². The number of hydrogen-bond donors (Lipinski definition) is 0. The second kappa shape index (κ2) is 9.46. The van der Waals surface area contributed by atoms with Crippen molar-refractivity contribution >= 4 is 17.7 Å². The molecule has 3 aromatic rings. The third-order valence-corrected chi connectivity index (χ3v) is 7.21. The molecule has 0 radical (unpaired) electrons. The standard InChI is InChI=1S/C27H27F2N5O2/c28-21-6-3-7-22(29)24(21)26(35)33-11-9-23-20(17-33)25(32-12-14-36-15-13-32)31-27(30-23)34-10-8-18-4-1-2-5-19(18)16-34/h1-7H,8-17H2. The van der Waals surface area contributed by atoms with Gasteiger partial charge in [-0.1, -0.05) is 30.3 Å². The predicted molar refractivity (Wildman–Crippen MR) is 131 cm³/mol. The van der Waals surface area contributed by atoms with Crippen LogP contribution in [-0.2, 0) is 30.7 Å². The smallest absolute Gasteiger partial charge is 0.260 e. The van der Waals surface area contributed by atoms with Crippen molar-refractivity contribution in [2.24, 2.45) is 0 Å². The van der Waals surface area contributed by atoms with Crippen LogP contribution < -0.4 is 9.80 Å². The quantitative estimate of drug-likeness (QED) is 0.560. The first kappa shape index (κ1) is 22.8. The molecule has 0 atom stereocenters. The normalized spacial score (nSPS) is 17.6. The van der Waals surface area contributed by atoms with Crippen LogP contribution in [0.2, 0.25) is 0 Å². The van der Waals surface area contributed by atoms with Gasteiger partial charge in [0.05, 0.1) is 25.5 Å². The number of benzene rings is 2. The summed E-state index contributed by atoms with van der Waals surface area (Å²) in [5.74, 6) is -0.887. The summed E-state index contributed by atoms with van der Waals surface area (Å²) >= 11 is 0. The maximum atomic E-state index is 14.3. The molecule has 36 heavy (non-hydrogen) atoms. The SMILES string of the molecule is O=C(c1c(F)cccc1F)N1CCc2nc(N3CCc4ccccc4C3)nc(N3CCOCC3)c2C1. The zero-order valence-electron chi connectivity index (χ0n) is 19.9. The largest absolute Gasteiger partial charge is 0.378 e. The molecular weight excluding hydrogens is 464 g/mol. The molecule has 0 spiro atoms. The van der Waals surface area contributed by atoms with Crippen molar-refractivity contribution in [3.63, 3.8) is 0 Å². The fourth-order valence-corrected chi connectivity index (χ4v) is 5.26. The molecule has 1 saturated heterocycles. The Kier molecular flexibility index (Phi) is 6.00. The summed E-state index contributed by atoms with van der Waals surface area (Å²) in [6.45, 7) is 4.66. The minimum Gasteiger partial charge on any atom is -0.378 e. The number of carbonyl (C=O) groups is 1. The zero-order valence-corrected chi connectivity index (χ0v) is 19.9. The number of ether oxygens (including phenoxy) is 1. The van der Waals surface area contributed by atoms with Crippen LogP contribution in [0.25, 0.3) is 0 Å². The first-order valence-corrected chi connectivity index (χ1v) is 12.4. The molecule has 0 N–H and O–H groups in total. The molecule has 0 aliphatic carbocycles. The Hall–Kier alpha value is -3.59. The van der Waals surface area contributed by atoms with E-state index in [1.807, 2.05) is 0 Å². The maximum Gasteiger partial charge on any atom is 0.260 e. The summed E-state index contributed by atoms with van der Waals surface area (Å²) in [5, 5.41) is 0. The fourth-order valence-electron chi connectivity index (χ4n) is 5.26.